The molecule has 0 fully saturated rings. The molecule has 0 N–H and O–H groups in total. The Kier molecular flexibility index (Phi) is 5.53. The Balaban J connectivity index is 1.24. The Morgan fingerprint density at radius 3 is 1.33 bits per heavy atom. The van der Waals surface area contributed by atoms with Crippen LogP contribution in [0.3, 0.4) is 0 Å². The summed E-state index contributed by atoms with van der Waals surface area (Å²) in [4.78, 5) is 9.93. The average Bonchev–Trinajstić information content (AvgIpc) is 3.73. The van der Waals surface area contributed by atoms with Crippen molar-refractivity contribution in [3.63, 3.8) is 0 Å². The summed E-state index contributed by atoms with van der Waals surface area (Å²) in [5.74, 6) is 0. The minimum atomic E-state index is 0.977. The van der Waals surface area contributed by atoms with E-state index >= 15 is 0 Å². The molecule has 2 aromatic heterocycles. The molecule has 0 bridgehead atoms. The average molecular weight is 657 g/mol. The highest BCUT2D eigenvalue weighted by Gasteiger charge is 2.33. The molecule has 0 atom stereocenters. The van der Waals surface area contributed by atoms with Crippen molar-refractivity contribution >= 4 is 43.1 Å². The van der Waals surface area contributed by atoms with Crippen LogP contribution in [0.15, 0.2) is 170 Å². The van der Waals surface area contributed by atoms with E-state index in [2.05, 4.69) is 146 Å². The van der Waals surface area contributed by atoms with E-state index in [0.29, 0.717) is 0 Å². The fourth-order valence-electron chi connectivity index (χ4n) is 9.53. The van der Waals surface area contributed by atoms with E-state index in [-0.39, 0.29) is 0 Å². The summed E-state index contributed by atoms with van der Waals surface area (Å²) in [6.45, 7) is 0. The van der Waals surface area contributed by atoms with Crippen molar-refractivity contribution in [1.29, 1.82) is 0 Å². The zero-order chi connectivity index (χ0) is 33.9. The first-order chi connectivity index (χ1) is 25.9. The first kappa shape index (κ1) is 27.9. The zero-order valence-electron chi connectivity index (χ0n) is 28.1. The van der Waals surface area contributed by atoms with Crippen LogP contribution in [-0.4, -0.2) is 9.97 Å². The monoisotopic (exact) mass is 656 g/mol. The van der Waals surface area contributed by atoms with Gasteiger partial charge in [0.1, 0.15) is 0 Å². The van der Waals surface area contributed by atoms with Gasteiger partial charge in [0.15, 0.2) is 0 Å². The summed E-state index contributed by atoms with van der Waals surface area (Å²) in [7, 11) is 0. The van der Waals surface area contributed by atoms with Crippen molar-refractivity contribution in [3.8, 4) is 78.1 Å². The highest BCUT2D eigenvalue weighted by molar-refractivity contribution is 6.33. The van der Waals surface area contributed by atoms with Crippen molar-refractivity contribution in [2.75, 3.05) is 0 Å². The standard InChI is InChI=1S/C50H28N2/c1-2-14-30-29(13-1)31-19-11-21-38-43(32-15-3-4-16-34(32)45(30)46(31)38)37-25-26-40-44-33(37)20-12-22-39(44)49-47(41-23-7-9-27-51-41)35-17-5-6-18-36(35)48(50(40)49)42-24-8-10-28-52-42/h1-28H. The van der Waals surface area contributed by atoms with Crippen molar-refractivity contribution < 1.29 is 0 Å². The smallest absolute Gasteiger partial charge is 0.0714 e. The van der Waals surface area contributed by atoms with Gasteiger partial charge in [-0.2, -0.15) is 0 Å². The SMILES string of the molecule is c1ccc(-c2c3c(c(-c4ccccn4)c4ccccc24)-c2ccc(-c4c5ccccc5c5c6c(cccc46)-c4ccccc4-5)c4cccc-3c24)nc1. The van der Waals surface area contributed by atoms with Gasteiger partial charge in [-0.3, -0.25) is 9.97 Å². The molecular weight excluding hydrogens is 629 g/mol. The molecule has 2 heterocycles. The quantitative estimate of drug-likeness (QED) is 0.177. The summed E-state index contributed by atoms with van der Waals surface area (Å²) in [6.07, 6.45) is 3.81. The summed E-state index contributed by atoms with van der Waals surface area (Å²) < 4.78 is 0. The molecule has 12 rings (SSSR count). The van der Waals surface area contributed by atoms with Crippen molar-refractivity contribution in [2.45, 2.75) is 0 Å². The largest absolute Gasteiger partial charge is 0.256 e. The molecule has 0 spiro atoms. The van der Waals surface area contributed by atoms with Crippen molar-refractivity contribution in [2.24, 2.45) is 0 Å². The highest BCUT2D eigenvalue weighted by atomic mass is 14.7. The molecule has 0 aliphatic heterocycles. The summed E-state index contributed by atoms with van der Waals surface area (Å²) in [5, 5.41) is 10.1. The van der Waals surface area contributed by atoms with Crippen LogP contribution in [0.1, 0.15) is 0 Å². The van der Waals surface area contributed by atoms with E-state index in [1.165, 1.54) is 110 Å². The molecule has 0 radical (unpaired) electrons. The maximum Gasteiger partial charge on any atom is 0.0714 e. The molecular formula is C50H28N2. The first-order valence-corrected chi connectivity index (χ1v) is 17.9. The first-order valence-electron chi connectivity index (χ1n) is 17.9. The molecule has 2 nitrogen and oxygen atoms in total. The number of pyridine rings is 2. The van der Waals surface area contributed by atoms with Gasteiger partial charge < -0.3 is 0 Å². The number of nitrogens with zero attached hydrogens (tertiary/aromatic N) is 2. The van der Waals surface area contributed by atoms with E-state index < -0.39 is 0 Å². The highest BCUT2D eigenvalue weighted by Crippen LogP contribution is 2.59. The lowest BCUT2D eigenvalue weighted by Crippen LogP contribution is -1.95. The van der Waals surface area contributed by atoms with Crippen LogP contribution in [0.25, 0.3) is 121 Å². The number of aromatic nitrogens is 2. The van der Waals surface area contributed by atoms with Gasteiger partial charge >= 0.3 is 0 Å². The molecule has 0 saturated carbocycles. The maximum atomic E-state index is 4.96. The van der Waals surface area contributed by atoms with E-state index in [9.17, 15) is 0 Å². The van der Waals surface area contributed by atoms with E-state index in [4.69, 9.17) is 9.97 Å². The van der Waals surface area contributed by atoms with E-state index in [1.54, 1.807) is 0 Å². The van der Waals surface area contributed by atoms with Crippen LogP contribution in [0.2, 0.25) is 0 Å². The van der Waals surface area contributed by atoms with Gasteiger partial charge in [-0.15, -0.1) is 0 Å². The Hall–Kier alpha value is -6.90. The van der Waals surface area contributed by atoms with Crippen LogP contribution in [0.4, 0.5) is 0 Å². The third-order valence-electron chi connectivity index (χ3n) is 11.4. The molecule has 0 amide bonds. The molecule has 2 aliphatic carbocycles. The predicted molar refractivity (Wildman–Crippen MR) is 217 cm³/mol. The molecule has 0 unspecified atom stereocenters. The number of benzene rings is 8. The fraction of sp³-hybridized carbons (Fsp3) is 0. The van der Waals surface area contributed by atoms with Gasteiger partial charge in [0.05, 0.1) is 11.4 Å². The summed E-state index contributed by atoms with van der Waals surface area (Å²) in [6, 6.07) is 57.7. The Bertz CT molecular complexity index is 3070. The molecule has 0 saturated heterocycles. The molecule has 52 heavy (non-hydrogen) atoms. The van der Waals surface area contributed by atoms with Gasteiger partial charge in [-0.25, -0.2) is 0 Å². The normalized spacial score (nSPS) is 12.2. The third kappa shape index (κ3) is 3.53. The lowest BCUT2D eigenvalue weighted by Gasteiger charge is -2.19. The van der Waals surface area contributed by atoms with E-state index in [1.807, 2.05) is 24.5 Å². The Morgan fingerprint density at radius 1 is 0.231 bits per heavy atom. The lowest BCUT2D eigenvalue weighted by molar-refractivity contribution is 1.33. The lowest BCUT2D eigenvalue weighted by atomic mass is 9.84. The zero-order valence-corrected chi connectivity index (χ0v) is 28.1. The number of hydrogen-bond donors (Lipinski definition) is 0. The van der Waals surface area contributed by atoms with Gasteiger partial charge in [0.2, 0.25) is 0 Å². The summed E-state index contributed by atoms with van der Waals surface area (Å²) >= 11 is 0. The Morgan fingerprint density at radius 2 is 0.692 bits per heavy atom. The van der Waals surface area contributed by atoms with Crippen LogP contribution in [0, 0.1) is 0 Å². The third-order valence-corrected chi connectivity index (χ3v) is 11.4. The van der Waals surface area contributed by atoms with Crippen LogP contribution >= 0.6 is 0 Å². The van der Waals surface area contributed by atoms with Gasteiger partial charge in [0, 0.05) is 34.6 Å². The van der Waals surface area contributed by atoms with Gasteiger partial charge in [0.25, 0.3) is 0 Å². The molecule has 2 heteroatoms. The summed E-state index contributed by atoms with van der Waals surface area (Å²) in [5.41, 5.74) is 17.1. The Labute approximate surface area is 300 Å². The minimum Gasteiger partial charge on any atom is -0.256 e. The molecule has 238 valence electrons. The topological polar surface area (TPSA) is 25.8 Å². The van der Waals surface area contributed by atoms with Crippen LogP contribution in [-0.2, 0) is 0 Å². The second-order valence-corrected chi connectivity index (χ2v) is 13.9. The van der Waals surface area contributed by atoms with Crippen molar-refractivity contribution in [3.05, 3.63) is 170 Å². The number of rotatable bonds is 3. The maximum absolute atomic E-state index is 4.96. The predicted octanol–water partition coefficient (Wildman–Crippen LogP) is 13.4. The second kappa shape index (κ2) is 10.3. The molecule has 10 aromatic rings. The second-order valence-electron chi connectivity index (χ2n) is 13.9. The van der Waals surface area contributed by atoms with E-state index in [0.717, 1.165) is 11.4 Å². The van der Waals surface area contributed by atoms with Gasteiger partial charge in [-0.1, -0.05) is 133 Å². The molecule has 8 aromatic carbocycles. The van der Waals surface area contributed by atoms with Crippen molar-refractivity contribution in [1.82, 2.24) is 9.97 Å². The minimum absolute atomic E-state index is 0.977. The van der Waals surface area contributed by atoms with Gasteiger partial charge in [-0.05, 0) is 112 Å². The molecule has 2 aliphatic rings. The fourth-order valence-corrected chi connectivity index (χ4v) is 9.53. The number of hydrogen-bond acceptors (Lipinski definition) is 2. The number of fused-ring (bicyclic) bond motifs is 9. The van der Waals surface area contributed by atoms with Crippen LogP contribution in [0.5, 0.6) is 0 Å². The van der Waals surface area contributed by atoms with Crippen LogP contribution < -0.4 is 0 Å².